The second kappa shape index (κ2) is 9.16. The lowest BCUT2D eigenvalue weighted by atomic mass is 10.1. The SMILES string of the molecule is Cn1ccnc1-c1sc(NC(=O)CCn2c(=S)[nH]c3ccccc3c2=O)nc1-c1ccccc1. The topological polar surface area (TPSA) is 97.6 Å². The van der Waals surface area contributed by atoms with Gasteiger partial charge in [-0.05, 0) is 24.4 Å². The number of carbonyl (C=O) groups is 1. The lowest BCUT2D eigenvalue weighted by Gasteiger charge is -2.07. The van der Waals surface area contributed by atoms with Gasteiger partial charge in [0.15, 0.2) is 15.7 Å². The van der Waals surface area contributed by atoms with E-state index in [2.05, 4.69) is 20.3 Å². The number of H-pyrrole nitrogens is 1. The number of benzene rings is 2. The molecule has 2 N–H and O–H groups in total. The minimum atomic E-state index is -0.255. The van der Waals surface area contributed by atoms with Gasteiger partial charge in [0, 0.05) is 38.0 Å². The summed E-state index contributed by atoms with van der Waals surface area (Å²) in [5.74, 6) is 0.514. The summed E-state index contributed by atoms with van der Waals surface area (Å²) in [5.41, 5.74) is 2.15. The lowest BCUT2D eigenvalue weighted by molar-refractivity contribution is -0.116. The highest BCUT2D eigenvalue weighted by Crippen LogP contribution is 2.38. The molecule has 5 aromatic rings. The Morgan fingerprint density at radius 3 is 2.68 bits per heavy atom. The molecule has 34 heavy (non-hydrogen) atoms. The maximum absolute atomic E-state index is 12.8. The number of anilines is 1. The van der Waals surface area contributed by atoms with Crippen molar-refractivity contribution in [2.24, 2.45) is 7.05 Å². The van der Waals surface area contributed by atoms with E-state index in [4.69, 9.17) is 12.2 Å². The molecule has 5 rings (SSSR count). The van der Waals surface area contributed by atoms with E-state index in [1.807, 2.05) is 54.2 Å². The van der Waals surface area contributed by atoms with E-state index < -0.39 is 0 Å². The van der Waals surface area contributed by atoms with Crippen molar-refractivity contribution in [3.05, 3.63) is 82.1 Å². The standard InChI is InChI=1S/C24H20N6O2S2/c1-29-14-12-25-21(29)20-19(15-7-3-2-4-8-15)28-23(34-20)27-18(31)11-13-30-22(32)16-9-5-6-10-17(16)26-24(30)33/h2-10,12,14H,11,13H2,1H3,(H,26,33)(H,27,28,31). The minimum Gasteiger partial charge on any atom is -0.333 e. The molecule has 0 fully saturated rings. The van der Waals surface area contributed by atoms with Crippen LogP contribution in [-0.4, -0.2) is 30.0 Å². The molecule has 8 nitrogen and oxygen atoms in total. The summed E-state index contributed by atoms with van der Waals surface area (Å²) in [7, 11) is 1.92. The van der Waals surface area contributed by atoms with Crippen LogP contribution in [0, 0.1) is 4.77 Å². The van der Waals surface area contributed by atoms with Gasteiger partial charge in [-0.3, -0.25) is 14.2 Å². The third kappa shape index (κ3) is 4.20. The maximum Gasteiger partial charge on any atom is 0.262 e. The van der Waals surface area contributed by atoms with Crippen LogP contribution in [0.25, 0.3) is 32.9 Å². The van der Waals surface area contributed by atoms with E-state index >= 15 is 0 Å². The first-order chi connectivity index (χ1) is 16.5. The predicted molar refractivity (Wildman–Crippen MR) is 136 cm³/mol. The number of carbonyl (C=O) groups excluding carboxylic acids is 1. The number of thiazole rings is 1. The summed E-state index contributed by atoms with van der Waals surface area (Å²) in [5, 5.41) is 3.87. The molecular weight excluding hydrogens is 468 g/mol. The highest BCUT2D eigenvalue weighted by molar-refractivity contribution is 7.71. The Morgan fingerprint density at radius 2 is 1.91 bits per heavy atom. The van der Waals surface area contributed by atoms with Crippen molar-refractivity contribution in [2.45, 2.75) is 13.0 Å². The van der Waals surface area contributed by atoms with Crippen LogP contribution in [0.3, 0.4) is 0 Å². The number of rotatable bonds is 6. The number of nitrogens with zero attached hydrogens (tertiary/aromatic N) is 4. The molecule has 0 unspecified atom stereocenters. The van der Waals surface area contributed by atoms with Gasteiger partial charge < -0.3 is 14.9 Å². The Hall–Kier alpha value is -3.89. The second-order valence-electron chi connectivity index (χ2n) is 7.66. The van der Waals surface area contributed by atoms with Gasteiger partial charge in [-0.25, -0.2) is 9.97 Å². The number of amides is 1. The monoisotopic (exact) mass is 488 g/mol. The summed E-state index contributed by atoms with van der Waals surface area (Å²) in [4.78, 5) is 38.6. The number of para-hydroxylation sites is 1. The summed E-state index contributed by atoms with van der Waals surface area (Å²) in [6.07, 6.45) is 3.67. The normalized spacial score (nSPS) is 11.1. The smallest absolute Gasteiger partial charge is 0.262 e. The number of aromatic nitrogens is 5. The Bertz CT molecular complexity index is 1610. The van der Waals surface area contributed by atoms with Gasteiger partial charge in [-0.1, -0.05) is 53.8 Å². The highest BCUT2D eigenvalue weighted by Gasteiger charge is 2.19. The number of fused-ring (bicyclic) bond motifs is 1. The van der Waals surface area contributed by atoms with Crippen molar-refractivity contribution in [1.29, 1.82) is 0 Å². The van der Waals surface area contributed by atoms with Gasteiger partial charge in [0.2, 0.25) is 5.91 Å². The number of hydrogen-bond acceptors (Lipinski definition) is 6. The second-order valence-corrected chi connectivity index (χ2v) is 9.04. The zero-order valence-corrected chi connectivity index (χ0v) is 19.8. The molecule has 170 valence electrons. The average Bonchev–Trinajstić information content (AvgIpc) is 3.45. The number of hydrogen-bond donors (Lipinski definition) is 2. The van der Waals surface area contributed by atoms with Gasteiger partial charge >= 0.3 is 0 Å². The molecule has 0 saturated carbocycles. The van der Waals surface area contributed by atoms with E-state index in [1.165, 1.54) is 15.9 Å². The predicted octanol–water partition coefficient (Wildman–Crippen LogP) is 4.61. The fourth-order valence-electron chi connectivity index (χ4n) is 3.70. The molecule has 1 amide bonds. The minimum absolute atomic E-state index is 0.0771. The van der Waals surface area contributed by atoms with Crippen LogP contribution in [0.15, 0.2) is 71.8 Å². The van der Waals surface area contributed by atoms with Gasteiger partial charge in [-0.2, -0.15) is 0 Å². The first-order valence-corrected chi connectivity index (χ1v) is 11.8. The van der Waals surface area contributed by atoms with Crippen molar-refractivity contribution in [3.63, 3.8) is 0 Å². The average molecular weight is 489 g/mol. The van der Waals surface area contributed by atoms with Crippen LogP contribution in [0.5, 0.6) is 0 Å². The van der Waals surface area contributed by atoms with Crippen molar-refractivity contribution in [1.82, 2.24) is 24.1 Å². The Labute approximate surface area is 203 Å². The zero-order chi connectivity index (χ0) is 23.7. The number of aromatic amines is 1. The molecule has 10 heteroatoms. The molecule has 2 aromatic carbocycles. The molecule has 0 bridgehead atoms. The molecule has 0 aliphatic carbocycles. The number of nitrogens with one attached hydrogen (secondary N) is 2. The van der Waals surface area contributed by atoms with Crippen molar-refractivity contribution < 1.29 is 4.79 Å². The first kappa shape index (κ1) is 21.9. The largest absolute Gasteiger partial charge is 0.333 e. The Morgan fingerprint density at radius 1 is 1.15 bits per heavy atom. The van der Waals surface area contributed by atoms with Crippen LogP contribution in [0.1, 0.15) is 6.42 Å². The zero-order valence-electron chi connectivity index (χ0n) is 18.2. The molecule has 0 spiro atoms. The maximum atomic E-state index is 12.8. The summed E-state index contributed by atoms with van der Waals surface area (Å²) in [6, 6.07) is 16.9. The molecule has 0 aliphatic heterocycles. The molecule has 0 radical (unpaired) electrons. The molecular formula is C24H20N6O2S2. The van der Waals surface area contributed by atoms with E-state index in [1.54, 1.807) is 24.4 Å². The fraction of sp³-hybridized carbons (Fsp3) is 0.125. The van der Waals surface area contributed by atoms with Gasteiger partial charge in [-0.15, -0.1) is 0 Å². The van der Waals surface area contributed by atoms with Crippen LogP contribution >= 0.6 is 23.6 Å². The highest BCUT2D eigenvalue weighted by atomic mass is 32.1. The molecule has 0 aliphatic rings. The van der Waals surface area contributed by atoms with Crippen molar-refractivity contribution in [2.75, 3.05) is 5.32 Å². The van der Waals surface area contributed by atoms with Crippen LogP contribution in [0.4, 0.5) is 5.13 Å². The van der Waals surface area contributed by atoms with E-state index in [9.17, 15) is 9.59 Å². The van der Waals surface area contributed by atoms with E-state index in [0.29, 0.717) is 16.0 Å². The lowest BCUT2D eigenvalue weighted by Crippen LogP contribution is -2.25. The molecule has 3 aromatic heterocycles. The molecule has 0 saturated heterocycles. The van der Waals surface area contributed by atoms with Gasteiger partial charge in [0.1, 0.15) is 0 Å². The van der Waals surface area contributed by atoms with E-state index in [-0.39, 0.29) is 29.2 Å². The Balaban J connectivity index is 1.39. The summed E-state index contributed by atoms with van der Waals surface area (Å²) < 4.78 is 3.61. The third-order valence-electron chi connectivity index (χ3n) is 5.40. The number of imidazole rings is 1. The van der Waals surface area contributed by atoms with Gasteiger partial charge in [0.05, 0.1) is 21.5 Å². The quantitative estimate of drug-likeness (QED) is 0.340. The van der Waals surface area contributed by atoms with Crippen molar-refractivity contribution in [3.8, 4) is 22.0 Å². The number of aryl methyl sites for hydroxylation is 1. The molecule has 3 heterocycles. The van der Waals surface area contributed by atoms with Crippen molar-refractivity contribution >= 4 is 45.5 Å². The first-order valence-electron chi connectivity index (χ1n) is 10.6. The molecule has 0 atom stereocenters. The van der Waals surface area contributed by atoms with E-state index in [0.717, 1.165) is 22.0 Å². The van der Waals surface area contributed by atoms with Gasteiger partial charge in [0.25, 0.3) is 5.56 Å². The van der Waals surface area contributed by atoms with Crippen LogP contribution in [0.2, 0.25) is 0 Å². The van der Waals surface area contributed by atoms with Crippen LogP contribution < -0.4 is 10.9 Å². The van der Waals surface area contributed by atoms with Crippen LogP contribution in [-0.2, 0) is 18.4 Å². The Kier molecular flexibility index (Phi) is 5.91. The third-order valence-corrected chi connectivity index (χ3v) is 6.69. The summed E-state index contributed by atoms with van der Waals surface area (Å²) >= 11 is 6.70. The fourth-order valence-corrected chi connectivity index (χ4v) is 5.03. The summed E-state index contributed by atoms with van der Waals surface area (Å²) in [6.45, 7) is 0.161.